The van der Waals surface area contributed by atoms with Crippen molar-refractivity contribution in [3.05, 3.63) is 89.3 Å². The molecule has 160 valence electrons. The molecule has 31 heavy (non-hydrogen) atoms. The summed E-state index contributed by atoms with van der Waals surface area (Å²) in [6.45, 7) is 4.40. The Morgan fingerprint density at radius 1 is 1.13 bits per heavy atom. The molecule has 0 bridgehead atoms. The molecule has 0 spiro atoms. The Labute approximate surface area is 182 Å². The largest absolute Gasteiger partial charge is 0.497 e. The van der Waals surface area contributed by atoms with Crippen LogP contribution in [-0.2, 0) is 20.7 Å². The number of hydrogen-bond donors (Lipinski definition) is 1. The summed E-state index contributed by atoms with van der Waals surface area (Å²) < 4.78 is 11.1. The Bertz CT molecular complexity index is 1020. The van der Waals surface area contributed by atoms with E-state index in [4.69, 9.17) is 9.47 Å². The monoisotopic (exact) mass is 417 g/mol. The molecule has 2 aromatic carbocycles. The van der Waals surface area contributed by atoms with E-state index in [1.165, 1.54) is 0 Å². The number of nitrogens with one attached hydrogen (secondary N) is 1. The zero-order chi connectivity index (χ0) is 21.8. The maximum absolute atomic E-state index is 13.2. The van der Waals surface area contributed by atoms with Gasteiger partial charge in [-0.3, -0.25) is 9.59 Å². The average Bonchev–Trinajstić information content (AvgIpc) is 2.79. The Balaban J connectivity index is 1.63. The highest BCUT2D eigenvalue weighted by atomic mass is 16.5. The van der Waals surface area contributed by atoms with Crippen molar-refractivity contribution >= 4 is 11.8 Å². The number of methoxy groups -OCH3 is 1. The number of ketones is 1. The first-order chi connectivity index (χ1) is 15.1. The van der Waals surface area contributed by atoms with Crippen LogP contribution in [0.15, 0.2) is 78.1 Å². The maximum atomic E-state index is 13.2. The van der Waals surface area contributed by atoms with E-state index in [1.807, 2.05) is 54.6 Å². The molecule has 1 aliphatic carbocycles. The molecule has 5 nitrogen and oxygen atoms in total. The summed E-state index contributed by atoms with van der Waals surface area (Å²) in [5, 5.41) is 3.25. The number of hydrogen-bond acceptors (Lipinski definition) is 5. The molecule has 5 heteroatoms. The molecule has 0 radical (unpaired) electrons. The fraction of sp³-hybridized carbons (Fsp3) is 0.308. The number of carbonyl (C=O) groups is 2. The van der Waals surface area contributed by atoms with Gasteiger partial charge in [-0.2, -0.15) is 0 Å². The predicted octanol–water partition coefficient (Wildman–Crippen LogP) is 4.30. The fourth-order valence-corrected chi connectivity index (χ4v) is 4.47. The number of benzene rings is 2. The summed E-state index contributed by atoms with van der Waals surface area (Å²) in [6, 6.07) is 17.4. The lowest BCUT2D eigenvalue weighted by Crippen LogP contribution is -2.41. The van der Waals surface area contributed by atoms with Gasteiger partial charge in [-0.1, -0.05) is 49.0 Å². The first kappa shape index (κ1) is 20.9. The molecule has 2 unspecified atom stereocenters. The first-order valence-electron chi connectivity index (χ1n) is 10.6. The highest BCUT2D eigenvalue weighted by molar-refractivity contribution is 6.00. The number of Topliss-reactive ketones (excluding diaryl/α,β-unsaturated/α-hetero) is 1. The quantitative estimate of drug-likeness (QED) is 0.710. The minimum Gasteiger partial charge on any atom is -0.497 e. The van der Waals surface area contributed by atoms with Crippen molar-refractivity contribution in [2.24, 2.45) is 5.92 Å². The number of carbonyl (C=O) groups excluding carboxylic acids is 2. The normalized spacial score (nSPS) is 20.7. The average molecular weight is 418 g/mol. The van der Waals surface area contributed by atoms with Gasteiger partial charge in [0, 0.05) is 35.7 Å². The third-order valence-corrected chi connectivity index (χ3v) is 5.97. The molecule has 1 N–H and O–H groups in total. The number of esters is 1. The van der Waals surface area contributed by atoms with Crippen molar-refractivity contribution in [2.45, 2.75) is 31.6 Å². The highest BCUT2D eigenvalue weighted by Crippen LogP contribution is 2.44. The minimum atomic E-state index is -0.677. The van der Waals surface area contributed by atoms with E-state index in [2.05, 4.69) is 11.9 Å². The summed E-state index contributed by atoms with van der Waals surface area (Å²) in [7, 11) is 1.60. The molecule has 0 aromatic heterocycles. The molecular formula is C26H27NO4. The van der Waals surface area contributed by atoms with Gasteiger partial charge in [0.1, 0.15) is 11.7 Å². The van der Waals surface area contributed by atoms with Crippen LogP contribution < -0.4 is 10.1 Å². The van der Waals surface area contributed by atoms with Crippen LogP contribution in [0.5, 0.6) is 5.75 Å². The van der Waals surface area contributed by atoms with Gasteiger partial charge in [-0.25, -0.2) is 0 Å². The Kier molecular flexibility index (Phi) is 6.21. The summed E-state index contributed by atoms with van der Waals surface area (Å²) in [5.74, 6) is -0.717. The SMILES string of the molecule is C=C1NC2=C(C(=O)CCC2)C(c2cccc(OC)c2)C1C(=O)OCCc1ccccc1. The number of ether oxygens (including phenoxy) is 2. The molecule has 2 atom stereocenters. The second-order valence-corrected chi connectivity index (χ2v) is 7.95. The molecule has 0 amide bonds. The molecule has 1 heterocycles. The Hall–Kier alpha value is -3.34. The van der Waals surface area contributed by atoms with E-state index in [1.54, 1.807) is 7.11 Å². The van der Waals surface area contributed by atoms with Gasteiger partial charge >= 0.3 is 5.97 Å². The Morgan fingerprint density at radius 2 is 1.94 bits per heavy atom. The third-order valence-electron chi connectivity index (χ3n) is 5.97. The summed E-state index contributed by atoms with van der Waals surface area (Å²) in [4.78, 5) is 26.2. The molecule has 0 fully saturated rings. The van der Waals surface area contributed by atoms with Gasteiger partial charge in [-0.15, -0.1) is 0 Å². The number of allylic oxidation sites excluding steroid dienone is 2. The molecule has 2 aliphatic rings. The lowest BCUT2D eigenvalue weighted by Gasteiger charge is -2.38. The minimum absolute atomic E-state index is 0.0798. The zero-order valence-corrected chi connectivity index (χ0v) is 17.7. The van der Waals surface area contributed by atoms with E-state index in [0.717, 1.165) is 29.7 Å². The molecular weight excluding hydrogens is 390 g/mol. The fourth-order valence-electron chi connectivity index (χ4n) is 4.47. The smallest absolute Gasteiger partial charge is 0.315 e. The summed E-state index contributed by atoms with van der Waals surface area (Å²) in [6.07, 6.45) is 2.70. The van der Waals surface area contributed by atoms with Crippen molar-refractivity contribution in [1.82, 2.24) is 5.32 Å². The molecule has 4 rings (SSSR count). The van der Waals surface area contributed by atoms with Gasteiger partial charge in [0.15, 0.2) is 5.78 Å². The highest BCUT2D eigenvalue weighted by Gasteiger charge is 2.43. The van der Waals surface area contributed by atoms with Crippen LogP contribution in [0.3, 0.4) is 0 Å². The van der Waals surface area contributed by atoms with Gasteiger partial charge in [0.05, 0.1) is 13.7 Å². The molecule has 0 saturated heterocycles. The maximum Gasteiger partial charge on any atom is 0.315 e. The Morgan fingerprint density at radius 3 is 2.71 bits per heavy atom. The molecule has 1 aliphatic heterocycles. The van der Waals surface area contributed by atoms with Crippen molar-refractivity contribution in [3.63, 3.8) is 0 Å². The molecule has 2 aromatic rings. The van der Waals surface area contributed by atoms with Gasteiger partial charge in [0.25, 0.3) is 0 Å². The van der Waals surface area contributed by atoms with E-state index in [0.29, 0.717) is 29.9 Å². The molecule has 0 saturated carbocycles. The van der Waals surface area contributed by atoms with Crippen LogP contribution in [0.1, 0.15) is 36.3 Å². The van der Waals surface area contributed by atoms with Crippen molar-refractivity contribution in [3.8, 4) is 5.75 Å². The standard InChI is InChI=1S/C26H27NO4/c1-17-23(26(29)31-15-14-18-8-4-3-5-9-18)24(19-10-6-11-20(16-19)30-2)25-21(27-17)12-7-13-22(25)28/h3-6,8-11,16,23-24,27H,1,7,12-15H2,2H3. The second kappa shape index (κ2) is 9.21. The van der Waals surface area contributed by atoms with Crippen LogP contribution in [-0.4, -0.2) is 25.5 Å². The van der Waals surface area contributed by atoms with Crippen LogP contribution in [0.2, 0.25) is 0 Å². The summed E-state index contributed by atoms with van der Waals surface area (Å²) in [5.41, 5.74) is 4.09. The first-order valence-corrected chi connectivity index (χ1v) is 10.6. The van der Waals surface area contributed by atoms with Crippen molar-refractivity contribution in [2.75, 3.05) is 13.7 Å². The van der Waals surface area contributed by atoms with Crippen LogP contribution in [0.4, 0.5) is 0 Å². The van der Waals surface area contributed by atoms with Crippen LogP contribution in [0.25, 0.3) is 0 Å². The predicted molar refractivity (Wildman–Crippen MR) is 118 cm³/mol. The van der Waals surface area contributed by atoms with Crippen molar-refractivity contribution in [1.29, 1.82) is 0 Å². The van der Waals surface area contributed by atoms with Crippen molar-refractivity contribution < 1.29 is 19.1 Å². The lowest BCUT2D eigenvalue weighted by molar-refractivity contribution is -0.147. The van der Waals surface area contributed by atoms with E-state index in [9.17, 15) is 9.59 Å². The van der Waals surface area contributed by atoms with Crippen LogP contribution >= 0.6 is 0 Å². The second-order valence-electron chi connectivity index (χ2n) is 7.95. The summed E-state index contributed by atoms with van der Waals surface area (Å²) >= 11 is 0. The topological polar surface area (TPSA) is 64.6 Å². The van der Waals surface area contributed by atoms with Gasteiger partial charge < -0.3 is 14.8 Å². The zero-order valence-electron chi connectivity index (χ0n) is 17.7. The van der Waals surface area contributed by atoms with Gasteiger partial charge in [-0.05, 0) is 36.1 Å². The van der Waals surface area contributed by atoms with Gasteiger partial charge in [0.2, 0.25) is 0 Å². The van der Waals surface area contributed by atoms with E-state index in [-0.39, 0.29) is 18.4 Å². The van der Waals surface area contributed by atoms with E-state index >= 15 is 0 Å². The number of rotatable bonds is 6. The lowest BCUT2D eigenvalue weighted by atomic mass is 9.71. The third kappa shape index (κ3) is 4.41. The van der Waals surface area contributed by atoms with E-state index < -0.39 is 11.8 Å². The van der Waals surface area contributed by atoms with Crippen LogP contribution in [0, 0.1) is 5.92 Å².